The quantitative estimate of drug-likeness (QED) is 0.0169. The van der Waals surface area contributed by atoms with Crippen LogP contribution in [0.5, 0.6) is 0 Å². The van der Waals surface area contributed by atoms with Gasteiger partial charge in [-0.15, -0.1) is 0 Å². The van der Waals surface area contributed by atoms with Crippen LogP contribution in [0.3, 0.4) is 0 Å². The molecule has 0 amide bonds. The lowest BCUT2D eigenvalue weighted by atomic mass is 10.0. The number of phosphoric ester groups is 2. The van der Waals surface area contributed by atoms with Crippen molar-refractivity contribution in [3.05, 3.63) is 97.2 Å². The molecule has 0 rings (SSSR count). The average Bonchev–Trinajstić information content (AvgIpc) is 0.923. The van der Waals surface area contributed by atoms with Crippen molar-refractivity contribution >= 4 is 39.5 Å². The molecule has 0 aromatic carbocycles. The van der Waals surface area contributed by atoms with E-state index in [0.29, 0.717) is 25.7 Å². The molecule has 3 N–H and O–H groups in total. The summed E-state index contributed by atoms with van der Waals surface area (Å²) >= 11 is 0. The molecule has 17 nitrogen and oxygen atoms in total. The maximum atomic E-state index is 13.1. The second kappa shape index (κ2) is 81.0. The van der Waals surface area contributed by atoms with Crippen LogP contribution >= 0.6 is 15.6 Å². The zero-order valence-electron chi connectivity index (χ0n) is 68.8. The van der Waals surface area contributed by atoms with Gasteiger partial charge in [0.1, 0.15) is 19.3 Å². The molecule has 0 aliphatic heterocycles. The van der Waals surface area contributed by atoms with E-state index in [0.717, 1.165) is 180 Å². The third-order valence-electron chi connectivity index (χ3n) is 18.6. The maximum Gasteiger partial charge on any atom is 0.472 e. The molecule has 0 aromatic heterocycles. The Balaban J connectivity index is 5.35. The van der Waals surface area contributed by atoms with E-state index >= 15 is 0 Å². The molecule has 0 bridgehead atoms. The molecule has 0 fully saturated rings. The Morgan fingerprint density at radius 2 is 0.481 bits per heavy atom. The number of carbonyl (C=O) groups excluding carboxylic acids is 4. The predicted octanol–water partition coefficient (Wildman–Crippen LogP) is 25.9. The second-order valence-electron chi connectivity index (χ2n) is 29.1. The molecule has 4 unspecified atom stereocenters. The fourth-order valence-electron chi connectivity index (χ4n) is 12.0. The summed E-state index contributed by atoms with van der Waals surface area (Å²) in [4.78, 5) is 73.3. The fraction of sp³-hybridized carbons (Fsp3) is 0.775. The number of aliphatic hydroxyl groups is 1. The summed E-state index contributed by atoms with van der Waals surface area (Å²) in [5.74, 6) is -2.17. The Hall–Kier alpha value is -4.02. The first kappa shape index (κ1) is 104. The first-order valence-electron chi connectivity index (χ1n) is 43.5. The highest BCUT2D eigenvalue weighted by Gasteiger charge is 2.30. The van der Waals surface area contributed by atoms with Crippen molar-refractivity contribution in [2.45, 2.75) is 406 Å². The molecular formula is C89H158O17P2. The molecule has 626 valence electrons. The lowest BCUT2D eigenvalue weighted by molar-refractivity contribution is -0.161. The molecule has 0 saturated heterocycles. The molecule has 0 saturated carbocycles. The lowest BCUT2D eigenvalue weighted by Gasteiger charge is -2.21. The zero-order valence-corrected chi connectivity index (χ0v) is 70.6. The van der Waals surface area contributed by atoms with E-state index in [2.05, 4.69) is 125 Å². The molecule has 0 spiro atoms. The monoisotopic (exact) mass is 1560 g/mol. The van der Waals surface area contributed by atoms with E-state index < -0.39 is 97.5 Å². The van der Waals surface area contributed by atoms with Gasteiger partial charge in [-0.3, -0.25) is 37.3 Å². The number of aliphatic hydroxyl groups excluding tert-OH is 1. The number of hydrogen-bond donors (Lipinski definition) is 3. The molecule has 4 atom stereocenters. The molecule has 108 heavy (non-hydrogen) atoms. The predicted molar refractivity (Wildman–Crippen MR) is 446 cm³/mol. The summed E-state index contributed by atoms with van der Waals surface area (Å²) < 4.78 is 68.9. The molecule has 19 heteroatoms. The Kier molecular flexibility index (Phi) is 78.0. The van der Waals surface area contributed by atoms with Crippen LogP contribution in [0, 0.1) is 0 Å². The lowest BCUT2D eigenvalue weighted by Crippen LogP contribution is -2.30. The van der Waals surface area contributed by atoms with Crippen LogP contribution in [0.15, 0.2) is 97.2 Å². The van der Waals surface area contributed by atoms with Crippen LogP contribution in [0.2, 0.25) is 0 Å². The topological polar surface area (TPSA) is 237 Å². The van der Waals surface area contributed by atoms with E-state index in [4.69, 9.17) is 37.0 Å². The van der Waals surface area contributed by atoms with Crippen molar-refractivity contribution in [2.24, 2.45) is 0 Å². The molecular weight excluding hydrogens is 1400 g/mol. The molecule has 0 aliphatic rings. The Bertz CT molecular complexity index is 2260. The van der Waals surface area contributed by atoms with E-state index in [1.807, 2.05) is 0 Å². The minimum Gasteiger partial charge on any atom is -0.462 e. The molecule has 0 radical (unpaired) electrons. The van der Waals surface area contributed by atoms with Gasteiger partial charge in [0.25, 0.3) is 0 Å². The third kappa shape index (κ3) is 80.0. The van der Waals surface area contributed by atoms with E-state index in [-0.39, 0.29) is 25.7 Å². The first-order chi connectivity index (χ1) is 52.7. The van der Waals surface area contributed by atoms with Gasteiger partial charge in [-0.1, -0.05) is 356 Å². The van der Waals surface area contributed by atoms with Gasteiger partial charge in [-0.05, 0) is 103 Å². The molecule has 0 aliphatic carbocycles. The van der Waals surface area contributed by atoms with Gasteiger partial charge in [0, 0.05) is 25.7 Å². The standard InChI is InChI=1S/C89H158O17P2/c1-5-9-13-17-21-25-29-33-37-39-41-43-47-49-53-57-61-65-69-73-86(91)99-79-84(105-88(93)75-71-67-63-59-55-51-45-35-31-27-23-19-15-11-7-3)81-103-107(95,96)101-77-83(90)78-102-108(97,98)104-82-85(106-89(94)76-72-68-64-60-56-52-46-36-32-28-24-20-16-12-8-4)80-100-87(92)74-70-66-62-58-54-50-48-44-42-40-38-34-30-26-22-18-14-10-6-2/h9-10,13-14,21-22,25-26,33-34,37-38,41-44,83-85,90H,5-8,11-12,15-20,23-24,27-32,35-36,39-40,45-82H2,1-4H3,(H,95,96)(H,97,98)/b13-9-,14-10-,25-21-,26-22-,37-33-,38-34-,43-41-,44-42-. The van der Waals surface area contributed by atoms with Gasteiger partial charge in [0.15, 0.2) is 12.2 Å². The average molecular weight is 1560 g/mol. The van der Waals surface area contributed by atoms with Crippen LogP contribution < -0.4 is 0 Å². The normalized spacial score (nSPS) is 14.2. The summed E-state index contributed by atoms with van der Waals surface area (Å²) in [7, 11) is -9.96. The van der Waals surface area contributed by atoms with Gasteiger partial charge >= 0.3 is 39.5 Å². The van der Waals surface area contributed by atoms with Crippen molar-refractivity contribution in [1.29, 1.82) is 0 Å². The fourth-order valence-corrected chi connectivity index (χ4v) is 13.6. The van der Waals surface area contributed by atoms with E-state index in [1.54, 1.807) is 0 Å². The van der Waals surface area contributed by atoms with Crippen LogP contribution in [0.4, 0.5) is 0 Å². The zero-order chi connectivity index (χ0) is 78.9. The summed E-state index contributed by atoms with van der Waals surface area (Å²) in [5.41, 5.74) is 0. The Morgan fingerprint density at radius 3 is 0.741 bits per heavy atom. The van der Waals surface area contributed by atoms with Crippen LogP contribution in [0.25, 0.3) is 0 Å². The number of esters is 4. The van der Waals surface area contributed by atoms with Crippen LogP contribution in [-0.2, 0) is 65.4 Å². The van der Waals surface area contributed by atoms with Crippen molar-refractivity contribution in [3.8, 4) is 0 Å². The number of carbonyl (C=O) groups is 4. The van der Waals surface area contributed by atoms with Crippen molar-refractivity contribution in [1.82, 2.24) is 0 Å². The number of ether oxygens (including phenoxy) is 4. The van der Waals surface area contributed by atoms with Gasteiger partial charge in [0.05, 0.1) is 26.4 Å². The van der Waals surface area contributed by atoms with Crippen molar-refractivity contribution < 1.29 is 80.2 Å². The van der Waals surface area contributed by atoms with Crippen LogP contribution in [-0.4, -0.2) is 96.7 Å². The van der Waals surface area contributed by atoms with Gasteiger partial charge in [-0.2, -0.15) is 0 Å². The minimum atomic E-state index is -4.98. The van der Waals surface area contributed by atoms with Gasteiger partial charge in [-0.25, -0.2) is 9.13 Å². The second-order valence-corrected chi connectivity index (χ2v) is 32.0. The van der Waals surface area contributed by atoms with Gasteiger partial charge in [0.2, 0.25) is 0 Å². The Morgan fingerprint density at radius 1 is 0.269 bits per heavy atom. The smallest absolute Gasteiger partial charge is 0.462 e. The number of unbranched alkanes of at least 4 members (excludes halogenated alkanes) is 40. The maximum absolute atomic E-state index is 13.1. The third-order valence-corrected chi connectivity index (χ3v) is 20.5. The SMILES string of the molecule is CC/C=C\C/C=C\C/C=C\C/C=C\CCCCCCCCC(=O)OCC(COP(=O)(O)OCC(O)COP(=O)(O)OCC(COC(=O)CCCCCCCC/C=C\C/C=C\C/C=C\C/C=C\CC)OC(=O)CCCCCCCCCCCCCCCCC)OC(=O)CCCCCCCCCCCCCCCCC. The van der Waals surface area contributed by atoms with E-state index in [9.17, 15) is 43.2 Å². The highest BCUT2D eigenvalue weighted by atomic mass is 31.2. The number of allylic oxidation sites excluding steroid dienone is 16. The van der Waals surface area contributed by atoms with E-state index in [1.165, 1.54) is 128 Å². The molecule has 0 aromatic rings. The largest absolute Gasteiger partial charge is 0.472 e. The minimum absolute atomic E-state index is 0.0960. The summed E-state index contributed by atoms with van der Waals surface area (Å²) in [6, 6.07) is 0. The number of rotatable bonds is 82. The van der Waals surface area contributed by atoms with Gasteiger partial charge < -0.3 is 33.8 Å². The van der Waals surface area contributed by atoms with Crippen molar-refractivity contribution in [2.75, 3.05) is 39.6 Å². The summed E-state index contributed by atoms with van der Waals surface area (Å²) in [6.45, 7) is 4.72. The highest BCUT2D eigenvalue weighted by Crippen LogP contribution is 2.45. The number of phosphoric acid groups is 2. The highest BCUT2D eigenvalue weighted by molar-refractivity contribution is 7.47. The van der Waals surface area contributed by atoms with Crippen molar-refractivity contribution in [3.63, 3.8) is 0 Å². The first-order valence-corrected chi connectivity index (χ1v) is 46.5. The molecule has 0 heterocycles. The Labute approximate surface area is 658 Å². The number of hydrogen-bond acceptors (Lipinski definition) is 15. The summed E-state index contributed by atoms with van der Waals surface area (Å²) in [6.07, 6.45) is 87.8. The van der Waals surface area contributed by atoms with Crippen LogP contribution in [0.1, 0.15) is 387 Å². The summed E-state index contributed by atoms with van der Waals surface area (Å²) in [5, 5.41) is 10.7.